The van der Waals surface area contributed by atoms with Crippen molar-refractivity contribution in [1.29, 1.82) is 0 Å². The van der Waals surface area contributed by atoms with Gasteiger partial charge in [-0.3, -0.25) is 11.3 Å². The number of rotatable bonds is 6. The zero-order chi connectivity index (χ0) is 14.5. The van der Waals surface area contributed by atoms with E-state index in [1.54, 1.807) is 0 Å². The molecule has 0 spiro atoms. The summed E-state index contributed by atoms with van der Waals surface area (Å²) in [6.07, 6.45) is 2.03. The molecule has 2 aromatic rings. The summed E-state index contributed by atoms with van der Waals surface area (Å²) in [5, 5.41) is 0. The van der Waals surface area contributed by atoms with Gasteiger partial charge in [0.05, 0.1) is 6.04 Å². The van der Waals surface area contributed by atoms with Crippen LogP contribution in [0.2, 0.25) is 0 Å². The van der Waals surface area contributed by atoms with Gasteiger partial charge < -0.3 is 4.90 Å². The topological polar surface area (TPSA) is 41.3 Å². The van der Waals surface area contributed by atoms with Crippen molar-refractivity contribution in [3.05, 3.63) is 51.7 Å². The molecule has 0 fully saturated rings. The van der Waals surface area contributed by atoms with Gasteiger partial charge in [0.1, 0.15) is 0 Å². The number of nitrogens with two attached hydrogens (primary N) is 1. The van der Waals surface area contributed by atoms with E-state index in [9.17, 15) is 0 Å². The average Bonchev–Trinajstić information content (AvgIpc) is 2.92. The summed E-state index contributed by atoms with van der Waals surface area (Å²) in [6, 6.07) is 13.1. The van der Waals surface area contributed by atoms with E-state index in [0.29, 0.717) is 0 Å². The average molecular weight is 289 g/mol. The predicted molar refractivity (Wildman–Crippen MR) is 88.2 cm³/mol. The fraction of sp³-hybridized carbons (Fsp3) is 0.375. The molecule has 0 saturated carbocycles. The van der Waals surface area contributed by atoms with Crippen molar-refractivity contribution in [1.82, 2.24) is 5.43 Å². The minimum absolute atomic E-state index is 0.151. The molecule has 0 aliphatic carbocycles. The Balaban J connectivity index is 2.17. The van der Waals surface area contributed by atoms with Crippen LogP contribution in [0.4, 0.5) is 5.69 Å². The second-order valence-corrected chi connectivity index (χ2v) is 6.39. The van der Waals surface area contributed by atoms with Gasteiger partial charge in [-0.15, -0.1) is 11.3 Å². The molecule has 3 nitrogen and oxygen atoms in total. The minimum Gasteiger partial charge on any atom is -0.378 e. The standard InChI is InChI=1S/C16H23N3S/c1-4-14-8-9-15(20-14)11-16(18-17)12-6-5-7-13(10-12)19(2)3/h5-10,16,18H,4,11,17H2,1-3H3. The number of benzene rings is 1. The number of hydrazine groups is 1. The number of thiophene rings is 1. The number of nitrogens with zero attached hydrogens (tertiary/aromatic N) is 1. The molecule has 1 aromatic heterocycles. The van der Waals surface area contributed by atoms with E-state index in [-0.39, 0.29) is 6.04 Å². The van der Waals surface area contributed by atoms with Gasteiger partial charge in [0, 0.05) is 36.0 Å². The Labute approximate surface area is 125 Å². The SMILES string of the molecule is CCc1ccc(CC(NN)c2cccc(N(C)C)c2)s1. The van der Waals surface area contributed by atoms with Crippen LogP contribution in [0.25, 0.3) is 0 Å². The molecule has 1 atom stereocenters. The smallest absolute Gasteiger partial charge is 0.0508 e. The van der Waals surface area contributed by atoms with Gasteiger partial charge in [0.25, 0.3) is 0 Å². The van der Waals surface area contributed by atoms with Gasteiger partial charge in [0.2, 0.25) is 0 Å². The third-order valence-electron chi connectivity index (χ3n) is 3.46. The number of nitrogens with one attached hydrogen (secondary N) is 1. The Bertz CT molecular complexity index is 548. The van der Waals surface area contributed by atoms with Crippen LogP contribution >= 0.6 is 11.3 Å². The molecule has 0 aliphatic heterocycles. The van der Waals surface area contributed by atoms with Crippen LogP contribution in [0.15, 0.2) is 36.4 Å². The lowest BCUT2D eigenvalue weighted by Crippen LogP contribution is -2.29. The minimum atomic E-state index is 0.151. The molecule has 1 aromatic carbocycles. The molecular weight excluding hydrogens is 266 g/mol. The highest BCUT2D eigenvalue weighted by Crippen LogP contribution is 2.25. The molecular formula is C16H23N3S. The van der Waals surface area contributed by atoms with E-state index >= 15 is 0 Å². The highest BCUT2D eigenvalue weighted by Gasteiger charge is 2.13. The van der Waals surface area contributed by atoms with Crippen LogP contribution in [0.5, 0.6) is 0 Å². The van der Waals surface area contributed by atoms with E-state index in [4.69, 9.17) is 5.84 Å². The van der Waals surface area contributed by atoms with E-state index in [0.717, 1.165) is 12.8 Å². The summed E-state index contributed by atoms with van der Waals surface area (Å²) < 4.78 is 0. The van der Waals surface area contributed by atoms with Crippen LogP contribution in [-0.4, -0.2) is 14.1 Å². The van der Waals surface area contributed by atoms with Crippen LogP contribution in [0.1, 0.15) is 28.3 Å². The highest BCUT2D eigenvalue weighted by atomic mass is 32.1. The van der Waals surface area contributed by atoms with E-state index in [2.05, 4.69) is 67.7 Å². The monoisotopic (exact) mass is 289 g/mol. The maximum atomic E-state index is 5.76. The zero-order valence-electron chi connectivity index (χ0n) is 12.4. The second kappa shape index (κ2) is 6.88. The highest BCUT2D eigenvalue weighted by molar-refractivity contribution is 7.11. The Hall–Kier alpha value is -1.36. The number of anilines is 1. The molecule has 20 heavy (non-hydrogen) atoms. The van der Waals surface area contributed by atoms with E-state index < -0.39 is 0 Å². The first-order valence-corrected chi connectivity index (χ1v) is 7.76. The second-order valence-electron chi connectivity index (χ2n) is 5.13. The first-order chi connectivity index (χ1) is 9.63. The van der Waals surface area contributed by atoms with Crippen LogP contribution < -0.4 is 16.2 Å². The summed E-state index contributed by atoms with van der Waals surface area (Å²) in [5.41, 5.74) is 5.37. The van der Waals surface area contributed by atoms with Gasteiger partial charge in [-0.25, -0.2) is 0 Å². The van der Waals surface area contributed by atoms with Gasteiger partial charge in [0.15, 0.2) is 0 Å². The Morgan fingerprint density at radius 1 is 1.20 bits per heavy atom. The summed E-state index contributed by atoms with van der Waals surface area (Å²) in [4.78, 5) is 4.91. The fourth-order valence-corrected chi connectivity index (χ4v) is 3.22. The summed E-state index contributed by atoms with van der Waals surface area (Å²) in [5.74, 6) is 5.76. The summed E-state index contributed by atoms with van der Waals surface area (Å²) in [6.45, 7) is 2.19. The third-order valence-corrected chi connectivity index (χ3v) is 4.71. The molecule has 4 heteroatoms. The molecule has 1 heterocycles. The van der Waals surface area contributed by atoms with Crippen LogP contribution in [0, 0.1) is 0 Å². The first kappa shape index (κ1) is 15.0. The summed E-state index contributed by atoms with van der Waals surface area (Å²) in [7, 11) is 4.10. The van der Waals surface area contributed by atoms with E-state index in [1.807, 2.05) is 11.3 Å². The Morgan fingerprint density at radius 3 is 2.55 bits per heavy atom. The molecule has 0 amide bonds. The lowest BCUT2D eigenvalue weighted by atomic mass is 10.0. The molecule has 1 unspecified atom stereocenters. The molecule has 0 radical (unpaired) electrons. The van der Waals surface area contributed by atoms with Crippen molar-refractivity contribution in [3.8, 4) is 0 Å². The van der Waals surface area contributed by atoms with Crippen molar-refractivity contribution < 1.29 is 0 Å². The quantitative estimate of drug-likeness (QED) is 0.634. The lowest BCUT2D eigenvalue weighted by molar-refractivity contribution is 0.555. The zero-order valence-corrected chi connectivity index (χ0v) is 13.2. The largest absolute Gasteiger partial charge is 0.378 e. The molecule has 2 rings (SSSR count). The molecule has 0 saturated heterocycles. The Kier molecular flexibility index (Phi) is 5.17. The van der Waals surface area contributed by atoms with Crippen molar-refractivity contribution >= 4 is 17.0 Å². The van der Waals surface area contributed by atoms with Gasteiger partial charge in [-0.05, 0) is 36.2 Å². The van der Waals surface area contributed by atoms with E-state index in [1.165, 1.54) is 21.0 Å². The van der Waals surface area contributed by atoms with Crippen molar-refractivity contribution in [2.45, 2.75) is 25.8 Å². The first-order valence-electron chi connectivity index (χ1n) is 6.95. The van der Waals surface area contributed by atoms with Gasteiger partial charge in [-0.2, -0.15) is 0 Å². The van der Waals surface area contributed by atoms with Gasteiger partial charge >= 0.3 is 0 Å². The lowest BCUT2D eigenvalue weighted by Gasteiger charge is -2.19. The summed E-state index contributed by atoms with van der Waals surface area (Å²) >= 11 is 1.88. The van der Waals surface area contributed by atoms with Gasteiger partial charge in [-0.1, -0.05) is 19.1 Å². The third kappa shape index (κ3) is 3.60. The maximum absolute atomic E-state index is 5.76. The van der Waals surface area contributed by atoms with Crippen LogP contribution in [-0.2, 0) is 12.8 Å². The van der Waals surface area contributed by atoms with Crippen molar-refractivity contribution in [3.63, 3.8) is 0 Å². The molecule has 108 valence electrons. The Morgan fingerprint density at radius 2 is 1.95 bits per heavy atom. The van der Waals surface area contributed by atoms with Crippen molar-refractivity contribution in [2.24, 2.45) is 5.84 Å². The fourth-order valence-electron chi connectivity index (χ4n) is 2.22. The van der Waals surface area contributed by atoms with Crippen LogP contribution in [0.3, 0.4) is 0 Å². The molecule has 0 bridgehead atoms. The van der Waals surface area contributed by atoms with Crippen molar-refractivity contribution in [2.75, 3.05) is 19.0 Å². The number of hydrogen-bond donors (Lipinski definition) is 2. The number of hydrogen-bond acceptors (Lipinski definition) is 4. The predicted octanol–water partition coefficient (Wildman–Crippen LogP) is 3.12. The molecule has 0 aliphatic rings. The maximum Gasteiger partial charge on any atom is 0.0508 e. The molecule has 3 N–H and O–H groups in total. The normalized spacial score (nSPS) is 12.4. The number of aryl methyl sites for hydroxylation is 1.